The second-order valence-electron chi connectivity index (χ2n) is 8.47. The van der Waals surface area contributed by atoms with Gasteiger partial charge >= 0.3 is 6.03 Å². The van der Waals surface area contributed by atoms with Gasteiger partial charge in [-0.25, -0.2) is 4.79 Å². The normalized spacial score (nSPS) is 28.4. The number of amides is 4. The molecule has 0 aromatic heterocycles. The summed E-state index contributed by atoms with van der Waals surface area (Å²) in [5.74, 6) is 0.986. The third-order valence-corrected chi connectivity index (χ3v) is 6.85. The molecule has 0 bridgehead atoms. The zero-order valence-corrected chi connectivity index (χ0v) is 18.0. The minimum atomic E-state index is -0.761. The van der Waals surface area contributed by atoms with Crippen LogP contribution in [0.1, 0.15) is 58.3 Å². The van der Waals surface area contributed by atoms with E-state index in [1.54, 1.807) is 0 Å². The topological polar surface area (TPSA) is 81.8 Å². The van der Waals surface area contributed by atoms with Crippen LogP contribution in [-0.4, -0.2) is 66.4 Å². The molecule has 28 heavy (non-hydrogen) atoms. The molecule has 3 aliphatic rings. The third kappa shape index (κ3) is 4.79. The van der Waals surface area contributed by atoms with Crippen LogP contribution < -0.4 is 10.6 Å². The first-order valence-corrected chi connectivity index (χ1v) is 10.6. The van der Waals surface area contributed by atoms with Gasteiger partial charge in [0.2, 0.25) is 5.91 Å². The van der Waals surface area contributed by atoms with E-state index in [-0.39, 0.29) is 30.8 Å². The standard InChI is InChI=1S/C20H34N4O3.ClH/c1-3-15-4-9-20(10-5-15)18(26)24(19(27)22-20)14-17(25)23-12-7-16(8-13-23)6-11-21-2;/h15-16,21H,3-14H2,1-2H3,(H,22,27);1H. The van der Waals surface area contributed by atoms with E-state index in [2.05, 4.69) is 17.6 Å². The van der Waals surface area contributed by atoms with Gasteiger partial charge in [0.1, 0.15) is 12.1 Å². The lowest BCUT2D eigenvalue weighted by Gasteiger charge is -2.35. The van der Waals surface area contributed by atoms with Crippen molar-refractivity contribution in [2.24, 2.45) is 11.8 Å². The average molecular weight is 415 g/mol. The molecule has 2 aliphatic heterocycles. The summed E-state index contributed by atoms with van der Waals surface area (Å²) in [6, 6.07) is -0.396. The van der Waals surface area contributed by atoms with Crippen LogP contribution in [0.3, 0.4) is 0 Å². The zero-order valence-electron chi connectivity index (χ0n) is 17.2. The van der Waals surface area contributed by atoms with E-state index in [0.29, 0.717) is 24.7 Å². The molecule has 8 heteroatoms. The molecule has 1 spiro atoms. The SMILES string of the molecule is CCC1CCC2(CC1)NC(=O)N(CC(=O)N1CCC(CCNC)CC1)C2=O.Cl. The molecule has 7 nitrogen and oxygen atoms in total. The number of piperidine rings is 1. The molecule has 4 amide bonds. The Balaban J connectivity index is 0.00000280. The van der Waals surface area contributed by atoms with E-state index < -0.39 is 11.6 Å². The first kappa shape index (κ1) is 22.9. The molecular weight excluding hydrogens is 380 g/mol. The second-order valence-corrected chi connectivity index (χ2v) is 8.47. The summed E-state index contributed by atoms with van der Waals surface area (Å²) in [6.07, 6.45) is 7.55. The minimum Gasteiger partial charge on any atom is -0.341 e. The number of carbonyl (C=O) groups is 3. The highest BCUT2D eigenvalue weighted by Gasteiger charge is 2.52. The number of hydrogen-bond donors (Lipinski definition) is 2. The molecule has 0 radical (unpaired) electrons. The summed E-state index contributed by atoms with van der Waals surface area (Å²) in [5, 5.41) is 6.08. The van der Waals surface area contributed by atoms with Gasteiger partial charge < -0.3 is 15.5 Å². The Morgan fingerprint density at radius 1 is 1.14 bits per heavy atom. The Bertz CT molecular complexity index is 570. The number of halogens is 1. The molecule has 2 N–H and O–H groups in total. The Kier molecular flexibility index (Phi) is 8.13. The van der Waals surface area contributed by atoms with E-state index in [9.17, 15) is 14.4 Å². The maximum Gasteiger partial charge on any atom is 0.325 e. The van der Waals surface area contributed by atoms with E-state index >= 15 is 0 Å². The van der Waals surface area contributed by atoms with Gasteiger partial charge in [0.05, 0.1) is 0 Å². The molecule has 0 aromatic carbocycles. The predicted octanol–water partition coefficient (Wildman–Crippen LogP) is 2.15. The van der Waals surface area contributed by atoms with Crippen LogP contribution in [0.2, 0.25) is 0 Å². The maximum atomic E-state index is 12.9. The monoisotopic (exact) mass is 414 g/mol. The molecular formula is C20H35ClN4O3. The van der Waals surface area contributed by atoms with E-state index in [1.807, 2.05) is 11.9 Å². The van der Waals surface area contributed by atoms with Gasteiger partial charge in [-0.2, -0.15) is 0 Å². The van der Waals surface area contributed by atoms with Crippen molar-refractivity contribution >= 4 is 30.3 Å². The van der Waals surface area contributed by atoms with E-state index in [0.717, 1.165) is 63.1 Å². The van der Waals surface area contributed by atoms with Crippen LogP contribution in [0, 0.1) is 11.8 Å². The molecule has 2 saturated heterocycles. The molecule has 2 heterocycles. The van der Waals surface area contributed by atoms with Crippen molar-refractivity contribution in [1.82, 2.24) is 20.4 Å². The number of nitrogens with zero attached hydrogens (tertiary/aromatic N) is 2. The molecule has 0 unspecified atom stereocenters. The van der Waals surface area contributed by atoms with Gasteiger partial charge in [-0.3, -0.25) is 14.5 Å². The van der Waals surface area contributed by atoms with Crippen molar-refractivity contribution in [3.63, 3.8) is 0 Å². The van der Waals surface area contributed by atoms with Crippen molar-refractivity contribution in [2.75, 3.05) is 33.2 Å². The van der Waals surface area contributed by atoms with Crippen LogP contribution in [0.25, 0.3) is 0 Å². The Labute approximate surface area is 174 Å². The van der Waals surface area contributed by atoms with Crippen molar-refractivity contribution in [3.05, 3.63) is 0 Å². The van der Waals surface area contributed by atoms with Gasteiger partial charge in [-0.1, -0.05) is 13.3 Å². The van der Waals surface area contributed by atoms with Gasteiger partial charge in [-0.15, -0.1) is 12.4 Å². The highest BCUT2D eigenvalue weighted by Crippen LogP contribution is 2.37. The second kappa shape index (κ2) is 9.92. The average Bonchev–Trinajstić information content (AvgIpc) is 2.91. The number of nitrogens with one attached hydrogen (secondary N) is 2. The lowest BCUT2D eigenvalue weighted by Crippen LogP contribution is -2.50. The largest absolute Gasteiger partial charge is 0.341 e. The molecule has 0 aromatic rings. The Morgan fingerprint density at radius 2 is 1.79 bits per heavy atom. The molecule has 3 fully saturated rings. The van der Waals surface area contributed by atoms with Crippen molar-refractivity contribution in [3.8, 4) is 0 Å². The highest BCUT2D eigenvalue weighted by atomic mass is 35.5. The Hall–Kier alpha value is -1.34. The van der Waals surface area contributed by atoms with Gasteiger partial charge in [0.15, 0.2) is 0 Å². The smallest absolute Gasteiger partial charge is 0.325 e. The number of likely N-dealkylation sites (tertiary alicyclic amines) is 1. The third-order valence-electron chi connectivity index (χ3n) is 6.85. The fraction of sp³-hybridized carbons (Fsp3) is 0.850. The number of imide groups is 1. The van der Waals surface area contributed by atoms with Crippen molar-refractivity contribution in [1.29, 1.82) is 0 Å². The van der Waals surface area contributed by atoms with Crippen LogP contribution >= 0.6 is 12.4 Å². The number of rotatable bonds is 6. The number of carbonyl (C=O) groups excluding carboxylic acids is 3. The maximum absolute atomic E-state index is 12.9. The van der Waals surface area contributed by atoms with E-state index in [1.165, 1.54) is 0 Å². The fourth-order valence-electron chi connectivity index (χ4n) is 4.79. The highest BCUT2D eigenvalue weighted by molar-refractivity contribution is 6.09. The van der Waals surface area contributed by atoms with Crippen LogP contribution in [-0.2, 0) is 9.59 Å². The first-order chi connectivity index (χ1) is 13.0. The van der Waals surface area contributed by atoms with E-state index in [4.69, 9.17) is 0 Å². The molecule has 1 saturated carbocycles. The summed E-state index contributed by atoms with van der Waals surface area (Å²) in [5.41, 5.74) is -0.761. The lowest BCUT2D eigenvalue weighted by atomic mass is 9.75. The van der Waals surface area contributed by atoms with Crippen molar-refractivity contribution < 1.29 is 14.4 Å². The van der Waals surface area contributed by atoms with Gasteiger partial charge in [0, 0.05) is 13.1 Å². The quantitative estimate of drug-likeness (QED) is 0.652. The summed E-state index contributed by atoms with van der Waals surface area (Å²) in [6.45, 7) is 4.50. The summed E-state index contributed by atoms with van der Waals surface area (Å²) in [4.78, 5) is 41.0. The summed E-state index contributed by atoms with van der Waals surface area (Å²) < 4.78 is 0. The molecule has 3 rings (SSSR count). The predicted molar refractivity (Wildman–Crippen MR) is 110 cm³/mol. The van der Waals surface area contributed by atoms with Gasteiger partial charge in [0.25, 0.3) is 5.91 Å². The number of hydrogen-bond acceptors (Lipinski definition) is 4. The molecule has 1 aliphatic carbocycles. The number of urea groups is 1. The Morgan fingerprint density at radius 3 is 2.36 bits per heavy atom. The lowest BCUT2D eigenvalue weighted by molar-refractivity contribution is -0.140. The van der Waals surface area contributed by atoms with Crippen LogP contribution in [0.15, 0.2) is 0 Å². The molecule has 0 atom stereocenters. The fourth-order valence-corrected chi connectivity index (χ4v) is 4.79. The molecule has 160 valence electrons. The zero-order chi connectivity index (χ0) is 19.4. The van der Waals surface area contributed by atoms with Gasteiger partial charge in [-0.05, 0) is 70.4 Å². The first-order valence-electron chi connectivity index (χ1n) is 10.6. The summed E-state index contributed by atoms with van der Waals surface area (Å²) in [7, 11) is 1.96. The van der Waals surface area contributed by atoms with Crippen molar-refractivity contribution in [2.45, 2.75) is 63.8 Å². The summed E-state index contributed by atoms with van der Waals surface area (Å²) >= 11 is 0. The van der Waals surface area contributed by atoms with Crippen LogP contribution in [0.4, 0.5) is 4.79 Å². The minimum absolute atomic E-state index is 0. The van der Waals surface area contributed by atoms with Crippen LogP contribution in [0.5, 0.6) is 0 Å².